The van der Waals surface area contributed by atoms with E-state index in [9.17, 15) is 0 Å². The molecule has 0 aromatic heterocycles. The number of aliphatic hydroxyl groups is 1. The molecule has 4 heteroatoms. The van der Waals surface area contributed by atoms with Crippen molar-refractivity contribution >= 4 is 11.3 Å². The number of nitrogens with one attached hydrogen (secondary N) is 2. The van der Waals surface area contributed by atoms with E-state index in [1.54, 1.807) is 25.3 Å². The summed E-state index contributed by atoms with van der Waals surface area (Å²) in [5, 5.41) is 20.0. The van der Waals surface area contributed by atoms with E-state index >= 15 is 0 Å². The van der Waals surface area contributed by atoms with Crippen LogP contribution < -0.4 is 10.1 Å². The second-order valence-electron chi connectivity index (χ2n) is 13.7. The van der Waals surface area contributed by atoms with Gasteiger partial charge in [-0.3, -0.25) is 0 Å². The van der Waals surface area contributed by atoms with Crippen molar-refractivity contribution in [2.75, 3.05) is 7.11 Å². The van der Waals surface area contributed by atoms with E-state index in [1.165, 1.54) is 28.3 Å². The number of para-hydroxylation sites is 1. The summed E-state index contributed by atoms with van der Waals surface area (Å²) in [6.07, 6.45) is 39.1. The Bertz CT molecular complexity index is 1870. The van der Waals surface area contributed by atoms with Crippen LogP contribution in [0.4, 0.5) is 0 Å². The molecular weight excluding hydrogens is 733 g/mol. The van der Waals surface area contributed by atoms with Crippen LogP contribution in [0.25, 0.3) is 5.57 Å². The van der Waals surface area contributed by atoms with Gasteiger partial charge < -0.3 is 20.6 Å². The van der Waals surface area contributed by atoms with E-state index in [0.29, 0.717) is 17.5 Å². The molecule has 60 heavy (non-hydrogen) atoms. The highest BCUT2D eigenvalue weighted by molar-refractivity contribution is 6.16. The first-order valence-electron chi connectivity index (χ1n) is 21.3. The third-order valence-electron chi connectivity index (χ3n) is 8.46. The summed E-state index contributed by atoms with van der Waals surface area (Å²) in [6.45, 7) is 28.7. The fourth-order valence-corrected chi connectivity index (χ4v) is 5.29. The zero-order valence-electron chi connectivity index (χ0n) is 39.3. The Kier molecular flexibility index (Phi) is 35.1. The van der Waals surface area contributed by atoms with E-state index in [4.69, 9.17) is 15.3 Å². The number of aliphatic hydroxyl groups excluding tert-OH is 1. The molecule has 2 aromatic carbocycles. The number of hydrogen-bond donors (Lipinski definition) is 3. The normalized spacial score (nSPS) is 14.6. The maximum atomic E-state index is 8.51. The molecule has 2 aromatic rings. The lowest BCUT2D eigenvalue weighted by Crippen LogP contribution is -2.09. The molecule has 1 aliphatic rings. The lowest BCUT2D eigenvalue weighted by Gasteiger charge is -2.17. The van der Waals surface area contributed by atoms with Gasteiger partial charge in [-0.1, -0.05) is 175 Å². The molecule has 4 nitrogen and oxygen atoms in total. The lowest BCUT2D eigenvalue weighted by atomic mass is 9.87. The summed E-state index contributed by atoms with van der Waals surface area (Å²) in [5.74, 6) is 1.97. The quantitative estimate of drug-likeness (QED) is 0.124. The van der Waals surface area contributed by atoms with Crippen molar-refractivity contribution in [3.05, 3.63) is 216 Å². The van der Waals surface area contributed by atoms with Crippen LogP contribution in [-0.2, 0) is 0 Å². The van der Waals surface area contributed by atoms with Crippen molar-refractivity contribution in [3.63, 3.8) is 0 Å². The zero-order valence-corrected chi connectivity index (χ0v) is 39.3. The number of benzene rings is 2. The van der Waals surface area contributed by atoms with Gasteiger partial charge in [0.25, 0.3) is 0 Å². The van der Waals surface area contributed by atoms with Gasteiger partial charge in [-0.25, -0.2) is 0 Å². The Morgan fingerprint density at radius 3 is 2.03 bits per heavy atom. The standard InChI is InChI=1S/C32H40N2.C9H16.C7H8O.C6H8O.C2H6/c1-7-9-10-18-29(14-8-2)34-27(6)21-20-24(3)15-13-17-28-22-26(5)31(23-32(28)33)30-19-12-11-16-25(30)4;1-5-7-9(6-2)8(3)4;1-8-7-5-3-2-4-6-7;1-2-3-4-5-6-7;1-2/h8-19,21-24,33-34H,7,20H2,1-6H3;5-8H,1-4H3;2-6H,1H3;2-7H,1H2;1-2H3/b10-9+,14-8-,15-13+,27-21-,28-17-,29-18+,33-32?;7-5-,9-6+;;4-3-,6-5-;. The molecule has 1 unspecified atom stereocenters. The highest BCUT2D eigenvalue weighted by Gasteiger charge is 2.14. The largest absolute Gasteiger partial charge is 0.516 e. The fourth-order valence-electron chi connectivity index (χ4n) is 5.29. The summed E-state index contributed by atoms with van der Waals surface area (Å²) >= 11 is 0. The maximum Gasteiger partial charge on any atom is 0.118 e. The summed E-state index contributed by atoms with van der Waals surface area (Å²) in [4.78, 5) is 0. The van der Waals surface area contributed by atoms with Gasteiger partial charge in [0.2, 0.25) is 0 Å². The monoisotopic (exact) mass is 811 g/mol. The summed E-state index contributed by atoms with van der Waals surface area (Å²) < 4.78 is 4.91. The van der Waals surface area contributed by atoms with Crippen molar-refractivity contribution in [2.24, 2.45) is 11.8 Å². The van der Waals surface area contributed by atoms with Crippen LogP contribution in [0.5, 0.6) is 5.75 Å². The van der Waals surface area contributed by atoms with E-state index in [2.05, 4.69) is 164 Å². The predicted octanol–water partition coefficient (Wildman–Crippen LogP) is 16.5. The number of hydrogen-bond acceptors (Lipinski definition) is 4. The lowest BCUT2D eigenvalue weighted by molar-refractivity contribution is 0.415. The molecule has 3 N–H and O–H groups in total. The topological polar surface area (TPSA) is 65.3 Å². The zero-order chi connectivity index (χ0) is 45.6. The Labute approximate surface area is 367 Å². The minimum atomic E-state index is 0.406. The summed E-state index contributed by atoms with van der Waals surface area (Å²) in [7, 11) is 1.66. The number of allylic oxidation sites excluding steroid dienone is 23. The second kappa shape index (κ2) is 37.4. The number of ether oxygens (including phenoxy) is 1. The van der Waals surface area contributed by atoms with Gasteiger partial charge in [0.15, 0.2) is 0 Å². The molecule has 1 aliphatic carbocycles. The molecule has 324 valence electrons. The number of rotatable bonds is 15. The van der Waals surface area contributed by atoms with Gasteiger partial charge in [0.1, 0.15) is 5.75 Å². The summed E-state index contributed by atoms with van der Waals surface area (Å²) in [5.41, 5.74) is 9.93. The average molecular weight is 811 g/mol. The first kappa shape index (κ1) is 56.2. The van der Waals surface area contributed by atoms with Gasteiger partial charge in [0.05, 0.1) is 19.1 Å². The molecule has 0 fully saturated rings. The van der Waals surface area contributed by atoms with E-state index < -0.39 is 0 Å². The minimum Gasteiger partial charge on any atom is -0.516 e. The second-order valence-corrected chi connectivity index (χ2v) is 13.7. The molecule has 1 atom stereocenters. The van der Waals surface area contributed by atoms with Crippen LogP contribution >= 0.6 is 0 Å². The van der Waals surface area contributed by atoms with Gasteiger partial charge in [0, 0.05) is 11.4 Å². The fraction of sp³-hybridized carbons (Fsp3) is 0.304. The van der Waals surface area contributed by atoms with E-state index in [0.717, 1.165) is 47.4 Å². The first-order valence-corrected chi connectivity index (χ1v) is 21.3. The van der Waals surface area contributed by atoms with Crippen LogP contribution in [0.1, 0.15) is 100 Å². The summed E-state index contributed by atoms with van der Waals surface area (Å²) in [6, 6.07) is 18.0. The van der Waals surface area contributed by atoms with Gasteiger partial charge in [-0.15, -0.1) is 0 Å². The molecule has 0 amide bonds. The number of aryl methyl sites for hydroxylation is 1. The first-order chi connectivity index (χ1) is 28.9. The van der Waals surface area contributed by atoms with Crippen LogP contribution in [0, 0.1) is 24.2 Å². The molecule has 3 rings (SSSR count). The Morgan fingerprint density at radius 1 is 0.867 bits per heavy atom. The van der Waals surface area contributed by atoms with Crippen molar-refractivity contribution in [3.8, 4) is 5.75 Å². The van der Waals surface area contributed by atoms with Gasteiger partial charge in [-0.05, 0) is 137 Å². The van der Waals surface area contributed by atoms with Crippen molar-refractivity contribution < 1.29 is 9.84 Å². The number of methoxy groups -OCH3 is 1. The third kappa shape index (κ3) is 26.9. The highest BCUT2D eigenvalue weighted by atomic mass is 16.5. The van der Waals surface area contributed by atoms with Crippen LogP contribution in [-0.4, -0.2) is 17.9 Å². The Balaban J connectivity index is 0. The highest BCUT2D eigenvalue weighted by Crippen LogP contribution is 2.30. The molecule has 0 spiro atoms. The van der Waals surface area contributed by atoms with Crippen molar-refractivity contribution in [1.29, 1.82) is 5.41 Å². The Hall–Kier alpha value is -5.87. The molecule has 0 radical (unpaired) electrons. The van der Waals surface area contributed by atoms with E-state index in [1.807, 2.05) is 70.2 Å². The van der Waals surface area contributed by atoms with Gasteiger partial charge >= 0.3 is 0 Å². The molecule has 0 saturated carbocycles. The molecule has 0 bridgehead atoms. The minimum absolute atomic E-state index is 0.406. The molecule has 0 aliphatic heterocycles. The Morgan fingerprint density at radius 2 is 1.52 bits per heavy atom. The van der Waals surface area contributed by atoms with Crippen molar-refractivity contribution in [2.45, 2.75) is 95.9 Å². The van der Waals surface area contributed by atoms with Crippen molar-refractivity contribution in [1.82, 2.24) is 5.32 Å². The predicted molar refractivity (Wildman–Crippen MR) is 270 cm³/mol. The van der Waals surface area contributed by atoms with Crippen LogP contribution in [0.3, 0.4) is 0 Å². The van der Waals surface area contributed by atoms with Crippen LogP contribution in [0.2, 0.25) is 0 Å². The molecular formula is C56H78N2O2. The molecule has 0 heterocycles. The van der Waals surface area contributed by atoms with Crippen LogP contribution in [0.15, 0.2) is 205 Å². The van der Waals surface area contributed by atoms with E-state index in [-0.39, 0.29) is 0 Å². The SMILES string of the molecule is C/C=C\C(=C/C)C(C)C.C=C/C=C\C=C/O.CC.COc1ccccc1.C\C=C/C(=C\C=C\CC)N/C(C)=C\CC(C)/C=C/C=C1/C=C(C)C(c2ccccc2C)=CC1=N. The van der Waals surface area contributed by atoms with Gasteiger partial charge in [-0.2, -0.15) is 0 Å². The third-order valence-corrected chi connectivity index (χ3v) is 8.46. The maximum absolute atomic E-state index is 8.51. The smallest absolute Gasteiger partial charge is 0.118 e. The average Bonchev–Trinajstić information content (AvgIpc) is 3.25. The molecule has 0 saturated heterocycles.